The summed E-state index contributed by atoms with van der Waals surface area (Å²) >= 11 is 0. The number of aromatic nitrogens is 2. The lowest BCUT2D eigenvalue weighted by Gasteiger charge is -1.99. The molecule has 0 bridgehead atoms. The van der Waals surface area contributed by atoms with Gasteiger partial charge in [0.15, 0.2) is 0 Å². The Morgan fingerprint density at radius 3 is 3.23 bits per heavy atom. The molecule has 2 amide bonds. The lowest BCUT2D eigenvalue weighted by atomic mass is 10.3. The number of amides is 2. The standard InChI is InChI=1S/C8H8N4O/c9-8(13)12-7-3-5-1-2-10-6(5)4-11-7/h1-4,10H,(H3,9,11,12,13). The minimum atomic E-state index is -0.609. The van der Waals surface area contributed by atoms with E-state index >= 15 is 0 Å². The summed E-state index contributed by atoms with van der Waals surface area (Å²) in [5.41, 5.74) is 5.87. The number of urea groups is 1. The highest BCUT2D eigenvalue weighted by Gasteiger charge is 1.99. The van der Waals surface area contributed by atoms with Gasteiger partial charge in [0.05, 0.1) is 11.7 Å². The molecule has 2 heterocycles. The van der Waals surface area contributed by atoms with Crippen molar-refractivity contribution in [1.29, 1.82) is 0 Å². The number of carbonyl (C=O) groups is 1. The third kappa shape index (κ3) is 1.44. The molecule has 2 aromatic rings. The number of nitrogens with one attached hydrogen (secondary N) is 2. The van der Waals surface area contributed by atoms with Crippen molar-refractivity contribution in [2.24, 2.45) is 5.73 Å². The van der Waals surface area contributed by atoms with E-state index in [-0.39, 0.29) is 0 Å². The Morgan fingerprint density at radius 1 is 1.62 bits per heavy atom. The molecule has 5 heteroatoms. The summed E-state index contributed by atoms with van der Waals surface area (Å²) in [6, 6.07) is 3.03. The molecule has 0 aromatic carbocycles. The molecule has 13 heavy (non-hydrogen) atoms. The SMILES string of the molecule is NC(=O)Nc1cc2cc[nH]c2cn1. The number of H-pyrrole nitrogens is 1. The Hall–Kier alpha value is -2.04. The third-order valence-electron chi connectivity index (χ3n) is 1.69. The molecule has 2 rings (SSSR count). The average Bonchev–Trinajstić information content (AvgIpc) is 2.49. The fourth-order valence-electron chi connectivity index (χ4n) is 1.15. The summed E-state index contributed by atoms with van der Waals surface area (Å²) in [5.74, 6) is 0.458. The molecule has 66 valence electrons. The van der Waals surface area contributed by atoms with Gasteiger partial charge in [0, 0.05) is 11.6 Å². The molecule has 0 aliphatic carbocycles. The fraction of sp³-hybridized carbons (Fsp3) is 0. The molecule has 5 nitrogen and oxygen atoms in total. The van der Waals surface area contributed by atoms with Crippen LogP contribution in [0.2, 0.25) is 0 Å². The second-order valence-corrected chi connectivity index (χ2v) is 2.62. The molecule has 0 fully saturated rings. The minimum Gasteiger partial charge on any atom is -0.360 e. The molecule has 4 N–H and O–H groups in total. The van der Waals surface area contributed by atoms with Crippen molar-refractivity contribution in [3.8, 4) is 0 Å². The van der Waals surface area contributed by atoms with Gasteiger partial charge in [0.2, 0.25) is 0 Å². The Morgan fingerprint density at radius 2 is 2.46 bits per heavy atom. The zero-order valence-corrected chi connectivity index (χ0v) is 6.74. The highest BCUT2D eigenvalue weighted by Crippen LogP contribution is 2.14. The number of hydrogen-bond donors (Lipinski definition) is 3. The van der Waals surface area contributed by atoms with Gasteiger partial charge in [-0.3, -0.25) is 5.32 Å². The third-order valence-corrected chi connectivity index (χ3v) is 1.69. The molecule has 2 aromatic heterocycles. The van der Waals surface area contributed by atoms with Crippen LogP contribution in [-0.4, -0.2) is 16.0 Å². The predicted molar refractivity (Wildman–Crippen MR) is 49.3 cm³/mol. The van der Waals surface area contributed by atoms with Crippen LogP contribution in [0.25, 0.3) is 10.9 Å². The molecule has 0 saturated carbocycles. The number of nitrogens with two attached hydrogens (primary N) is 1. The summed E-state index contributed by atoms with van der Waals surface area (Å²) in [7, 11) is 0. The van der Waals surface area contributed by atoms with Gasteiger partial charge in [-0.1, -0.05) is 0 Å². The average molecular weight is 176 g/mol. The molecule has 0 aliphatic heterocycles. The highest BCUT2D eigenvalue weighted by atomic mass is 16.2. The first kappa shape index (κ1) is 7.60. The number of primary amides is 1. The molecular weight excluding hydrogens is 168 g/mol. The number of pyridine rings is 1. The van der Waals surface area contributed by atoms with E-state index in [1.54, 1.807) is 18.5 Å². The lowest BCUT2D eigenvalue weighted by molar-refractivity contribution is 0.259. The van der Waals surface area contributed by atoms with Crippen LogP contribution in [-0.2, 0) is 0 Å². The number of nitrogens with zero attached hydrogens (tertiary/aromatic N) is 1. The summed E-state index contributed by atoms with van der Waals surface area (Å²) in [4.78, 5) is 17.5. The van der Waals surface area contributed by atoms with Crippen LogP contribution >= 0.6 is 0 Å². The Kier molecular flexibility index (Phi) is 1.63. The van der Waals surface area contributed by atoms with Crippen molar-refractivity contribution < 1.29 is 4.79 Å². The number of aromatic amines is 1. The first-order chi connectivity index (χ1) is 6.25. The van der Waals surface area contributed by atoms with Gasteiger partial charge in [0.1, 0.15) is 5.82 Å². The van der Waals surface area contributed by atoms with Crippen LogP contribution in [0, 0.1) is 0 Å². The van der Waals surface area contributed by atoms with Crippen LogP contribution < -0.4 is 11.1 Å². The zero-order chi connectivity index (χ0) is 9.26. The van der Waals surface area contributed by atoms with Crippen LogP contribution in [0.1, 0.15) is 0 Å². The quantitative estimate of drug-likeness (QED) is 0.606. The first-order valence-corrected chi connectivity index (χ1v) is 3.75. The number of fused-ring (bicyclic) bond motifs is 1. The van der Waals surface area contributed by atoms with Crippen LogP contribution in [0.3, 0.4) is 0 Å². The molecule has 0 atom stereocenters. The number of rotatable bonds is 1. The molecule has 0 spiro atoms. The van der Waals surface area contributed by atoms with Crippen molar-refractivity contribution in [2.45, 2.75) is 0 Å². The monoisotopic (exact) mass is 176 g/mol. The van der Waals surface area contributed by atoms with E-state index in [1.807, 2.05) is 6.07 Å². The molecule has 0 unspecified atom stereocenters. The van der Waals surface area contributed by atoms with Gasteiger partial charge in [-0.25, -0.2) is 9.78 Å². The van der Waals surface area contributed by atoms with Crippen molar-refractivity contribution in [1.82, 2.24) is 9.97 Å². The maximum Gasteiger partial charge on any atom is 0.317 e. The fourth-order valence-corrected chi connectivity index (χ4v) is 1.15. The zero-order valence-electron chi connectivity index (χ0n) is 6.74. The second-order valence-electron chi connectivity index (χ2n) is 2.62. The Labute approximate surface area is 74.0 Å². The van der Waals surface area contributed by atoms with Crippen LogP contribution in [0.15, 0.2) is 24.5 Å². The van der Waals surface area contributed by atoms with Crippen LogP contribution in [0.4, 0.5) is 10.6 Å². The molecule has 0 saturated heterocycles. The van der Waals surface area contributed by atoms with E-state index in [1.165, 1.54) is 0 Å². The van der Waals surface area contributed by atoms with E-state index in [9.17, 15) is 4.79 Å². The van der Waals surface area contributed by atoms with E-state index < -0.39 is 6.03 Å². The summed E-state index contributed by atoms with van der Waals surface area (Å²) in [6.45, 7) is 0. The lowest BCUT2D eigenvalue weighted by Crippen LogP contribution is -2.19. The van der Waals surface area contributed by atoms with Crippen molar-refractivity contribution >= 4 is 22.8 Å². The van der Waals surface area contributed by atoms with Crippen LogP contribution in [0.5, 0.6) is 0 Å². The largest absolute Gasteiger partial charge is 0.360 e. The van der Waals surface area contributed by atoms with E-state index in [0.717, 1.165) is 10.9 Å². The normalized spacial score (nSPS) is 10.2. The number of anilines is 1. The van der Waals surface area contributed by atoms with Gasteiger partial charge in [-0.05, 0) is 12.1 Å². The first-order valence-electron chi connectivity index (χ1n) is 3.75. The van der Waals surface area contributed by atoms with Crippen molar-refractivity contribution in [3.05, 3.63) is 24.5 Å². The smallest absolute Gasteiger partial charge is 0.317 e. The molecule has 0 radical (unpaired) electrons. The van der Waals surface area contributed by atoms with Gasteiger partial charge >= 0.3 is 6.03 Å². The van der Waals surface area contributed by atoms with E-state index in [0.29, 0.717) is 5.82 Å². The maximum absolute atomic E-state index is 10.5. The summed E-state index contributed by atoms with van der Waals surface area (Å²) < 4.78 is 0. The van der Waals surface area contributed by atoms with Crippen molar-refractivity contribution in [3.63, 3.8) is 0 Å². The van der Waals surface area contributed by atoms with Gasteiger partial charge in [0.25, 0.3) is 0 Å². The Bertz CT molecular complexity index is 448. The summed E-state index contributed by atoms with van der Waals surface area (Å²) in [5, 5.41) is 3.39. The summed E-state index contributed by atoms with van der Waals surface area (Å²) in [6.07, 6.45) is 3.45. The molecule has 0 aliphatic rings. The van der Waals surface area contributed by atoms with Gasteiger partial charge in [-0.2, -0.15) is 0 Å². The Balaban J connectivity index is 2.42. The van der Waals surface area contributed by atoms with Gasteiger partial charge < -0.3 is 10.7 Å². The van der Waals surface area contributed by atoms with Crippen molar-refractivity contribution in [2.75, 3.05) is 5.32 Å². The number of carbonyl (C=O) groups excluding carboxylic acids is 1. The highest BCUT2D eigenvalue weighted by molar-refractivity contribution is 5.89. The topological polar surface area (TPSA) is 83.8 Å². The predicted octanol–water partition coefficient (Wildman–Crippen LogP) is 1.05. The van der Waals surface area contributed by atoms with Gasteiger partial charge in [-0.15, -0.1) is 0 Å². The number of hydrogen-bond acceptors (Lipinski definition) is 2. The maximum atomic E-state index is 10.5. The molecular formula is C8H8N4O. The second kappa shape index (κ2) is 2.78. The van der Waals surface area contributed by atoms with E-state index in [4.69, 9.17) is 5.73 Å². The minimum absolute atomic E-state index is 0.458. The van der Waals surface area contributed by atoms with E-state index in [2.05, 4.69) is 15.3 Å².